The molecule has 0 aromatic carbocycles. The van der Waals surface area contributed by atoms with Gasteiger partial charge in [-0.1, -0.05) is 6.92 Å². The number of carboxylic acid groups (broad SMARTS) is 1. The van der Waals surface area contributed by atoms with Gasteiger partial charge in [-0.2, -0.15) is 0 Å². The second-order valence-corrected chi connectivity index (χ2v) is 5.28. The number of likely N-dealkylation sites (tertiary alicyclic amines) is 1. The van der Waals surface area contributed by atoms with Crippen LogP contribution in [0.4, 0.5) is 0 Å². The minimum absolute atomic E-state index is 0.0903. The third-order valence-electron chi connectivity index (χ3n) is 3.67. The van der Waals surface area contributed by atoms with Crippen LogP contribution in [0.25, 0.3) is 0 Å². The molecule has 0 aromatic heterocycles. The third kappa shape index (κ3) is 2.01. The van der Waals surface area contributed by atoms with E-state index in [0.717, 1.165) is 11.3 Å². The van der Waals surface area contributed by atoms with Crippen LogP contribution in [-0.4, -0.2) is 46.4 Å². The Bertz CT molecular complexity index is 389. The molecule has 18 heavy (non-hydrogen) atoms. The number of imide groups is 1. The Morgan fingerprint density at radius 1 is 1.44 bits per heavy atom. The van der Waals surface area contributed by atoms with E-state index in [4.69, 9.17) is 0 Å². The first-order valence-corrected chi connectivity index (χ1v) is 6.24. The van der Waals surface area contributed by atoms with E-state index >= 15 is 0 Å². The molecule has 2 N–H and O–H groups in total. The highest BCUT2D eigenvalue weighted by Gasteiger charge is 2.60. The summed E-state index contributed by atoms with van der Waals surface area (Å²) in [7, 11) is 0. The summed E-state index contributed by atoms with van der Waals surface area (Å²) in [5.41, 5.74) is -1.27. The van der Waals surface area contributed by atoms with Crippen LogP contribution in [0.5, 0.6) is 0 Å². The first kappa shape index (κ1) is 13.0. The van der Waals surface area contributed by atoms with Crippen molar-refractivity contribution in [3.05, 3.63) is 0 Å². The maximum absolute atomic E-state index is 11.8. The van der Waals surface area contributed by atoms with E-state index in [2.05, 4.69) is 5.32 Å². The van der Waals surface area contributed by atoms with Crippen molar-refractivity contribution >= 4 is 17.8 Å². The van der Waals surface area contributed by atoms with Crippen molar-refractivity contribution in [3.63, 3.8) is 0 Å². The molecule has 0 aromatic rings. The van der Waals surface area contributed by atoms with Crippen molar-refractivity contribution in [1.82, 2.24) is 10.2 Å². The van der Waals surface area contributed by atoms with Gasteiger partial charge in [-0.15, -0.1) is 0 Å². The second kappa shape index (κ2) is 4.35. The molecule has 2 amide bonds. The van der Waals surface area contributed by atoms with E-state index in [1.807, 2.05) is 6.92 Å². The topological polar surface area (TPSA) is 86.7 Å². The average Bonchev–Trinajstić information content (AvgIpc) is 3.07. The number of piperidine rings is 1. The number of rotatable bonds is 6. The molecule has 2 rings (SSSR count). The Morgan fingerprint density at radius 2 is 2.00 bits per heavy atom. The summed E-state index contributed by atoms with van der Waals surface area (Å²) in [5.74, 6) is -1.83. The fourth-order valence-corrected chi connectivity index (χ4v) is 2.32. The minimum Gasteiger partial charge on any atom is -0.480 e. The summed E-state index contributed by atoms with van der Waals surface area (Å²) >= 11 is 0. The lowest BCUT2D eigenvalue weighted by atomic mass is 10.0. The van der Waals surface area contributed by atoms with Crippen LogP contribution in [0.3, 0.4) is 0 Å². The highest BCUT2D eigenvalue weighted by atomic mass is 16.4. The van der Waals surface area contributed by atoms with Crippen molar-refractivity contribution in [3.8, 4) is 0 Å². The lowest BCUT2D eigenvalue weighted by Crippen LogP contribution is -2.58. The Balaban J connectivity index is 2.07. The molecule has 1 heterocycles. The Hall–Kier alpha value is -1.43. The summed E-state index contributed by atoms with van der Waals surface area (Å²) in [6.07, 6.45) is 1.43. The zero-order valence-corrected chi connectivity index (χ0v) is 10.6. The monoisotopic (exact) mass is 254 g/mol. The zero-order valence-electron chi connectivity index (χ0n) is 10.6. The van der Waals surface area contributed by atoms with E-state index in [1.54, 1.807) is 0 Å². The van der Waals surface area contributed by atoms with Crippen LogP contribution in [0.2, 0.25) is 0 Å². The summed E-state index contributed by atoms with van der Waals surface area (Å²) in [5, 5.41) is 12.2. The van der Waals surface area contributed by atoms with Crippen molar-refractivity contribution in [2.75, 3.05) is 13.1 Å². The number of nitrogens with one attached hydrogen (secondary N) is 1. The van der Waals surface area contributed by atoms with Crippen LogP contribution in [0, 0.1) is 11.8 Å². The fraction of sp³-hybridized carbons (Fsp3) is 0.750. The minimum atomic E-state index is -1.27. The molecule has 0 spiro atoms. The molecule has 1 aliphatic carbocycles. The molecular weight excluding hydrogens is 236 g/mol. The van der Waals surface area contributed by atoms with E-state index in [1.165, 1.54) is 6.92 Å². The number of hydrogen-bond acceptors (Lipinski definition) is 4. The van der Waals surface area contributed by atoms with Gasteiger partial charge in [-0.3, -0.25) is 19.3 Å². The lowest BCUT2D eigenvalue weighted by Gasteiger charge is -2.30. The van der Waals surface area contributed by atoms with E-state index in [-0.39, 0.29) is 30.2 Å². The van der Waals surface area contributed by atoms with Gasteiger partial charge in [0.25, 0.3) is 0 Å². The number of fused-ring (bicyclic) bond motifs is 1. The quantitative estimate of drug-likeness (QED) is 0.643. The predicted molar refractivity (Wildman–Crippen MR) is 62.7 cm³/mol. The van der Waals surface area contributed by atoms with Gasteiger partial charge in [0, 0.05) is 0 Å². The average molecular weight is 254 g/mol. The second-order valence-electron chi connectivity index (χ2n) is 5.28. The van der Waals surface area contributed by atoms with Crippen LogP contribution in [0.1, 0.15) is 26.7 Å². The summed E-state index contributed by atoms with van der Waals surface area (Å²) in [4.78, 5) is 36.0. The van der Waals surface area contributed by atoms with Crippen molar-refractivity contribution in [2.24, 2.45) is 11.8 Å². The molecule has 1 saturated carbocycles. The van der Waals surface area contributed by atoms with Gasteiger partial charge in [0.15, 0.2) is 0 Å². The third-order valence-corrected chi connectivity index (χ3v) is 3.67. The molecule has 6 nitrogen and oxygen atoms in total. The predicted octanol–water partition coefficient (Wildman–Crippen LogP) is -0.166. The summed E-state index contributed by atoms with van der Waals surface area (Å²) in [6, 6.07) is 0. The van der Waals surface area contributed by atoms with E-state index < -0.39 is 11.5 Å². The molecule has 1 aliphatic heterocycles. The van der Waals surface area contributed by atoms with Crippen LogP contribution in [0.15, 0.2) is 0 Å². The highest BCUT2D eigenvalue weighted by Crippen LogP contribution is 2.47. The summed E-state index contributed by atoms with van der Waals surface area (Å²) in [6.45, 7) is 3.88. The van der Waals surface area contributed by atoms with Gasteiger partial charge >= 0.3 is 5.97 Å². The van der Waals surface area contributed by atoms with Crippen molar-refractivity contribution in [2.45, 2.75) is 32.2 Å². The Kier molecular flexibility index (Phi) is 3.14. The van der Waals surface area contributed by atoms with Crippen molar-refractivity contribution < 1.29 is 19.5 Å². The molecule has 3 atom stereocenters. The molecule has 0 radical (unpaired) electrons. The lowest BCUT2D eigenvalue weighted by molar-refractivity contribution is -0.149. The van der Waals surface area contributed by atoms with Crippen LogP contribution >= 0.6 is 0 Å². The molecule has 2 fully saturated rings. The molecule has 1 saturated heterocycles. The van der Waals surface area contributed by atoms with Crippen LogP contribution < -0.4 is 5.32 Å². The molecule has 2 aliphatic rings. The SMILES string of the molecule is CCCNC(C)(CN1C(=O)C2CC2C1=O)C(=O)O. The molecule has 100 valence electrons. The zero-order chi connectivity index (χ0) is 13.5. The van der Waals surface area contributed by atoms with Gasteiger partial charge in [-0.25, -0.2) is 0 Å². The largest absolute Gasteiger partial charge is 0.480 e. The molecule has 0 bridgehead atoms. The maximum atomic E-state index is 11.8. The van der Waals surface area contributed by atoms with Gasteiger partial charge in [0.05, 0.1) is 18.4 Å². The standard InChI is InChI=1S/C12H18N2O4/c1-3-4-13-12(2,11(17)18)6-14-9(15)7-5-8(7)10(14)16/h7-8,13H,3-6H2,1-2H3,(H,17,18). The van der Waals surface area contributed by atoms with Crippen molar-refractivity contribution in [1.29, 1.82) is 0 Å². The number of amides is 2. The Labute approximate surface area is 105 Å². The number of hydrogen-bond donors (Lipinski definition) is 2. The molecular formula is C12H18N2O4. The van der Waals surface area contributed by atoms with Gasteiger partial charge < -0.3 is 10.4 Å². The normalized spacial score (nSPS) is 29.1. The fourth-order valence-electron chi connectivity index (χ4n) is 2.32. The molecule has 3 unspecified atom stereocenters. The van der Waals surface area contributed by atoms with Gasteiger partial charge in [-0.05, 0) is 26.3 Å². The first-order valence-electron chi connectivity index (χ1n) is 6.24. The first-order chi connectivity index (χ1) is 8.40. The number of carbonyl (C=O) groups excluding carboxylic acids is 2. The van der Waals surface area contributed by atoms with Gasteiger partial charge in [0.2, 0.25) is 11.8 Å². The maximum Gasteiger partial charge on any atom is 0.325 e. The highest BCUT2D eigenvalue weighted by molar-refractivity contribution is 6.09. The van der Waals surface area contributed by atoms with E-state index in [0.29, 0.717) is 13.0 Å². The number of nitrogens with zero attached hydrogens (tertiary/aromatic N) is 1. The van der Waals surface area contributed by atoms with E-state index in [9.17, 15) is 19.5 Å². The van der Waals surface area contributed by atoms with Gasteiger partial charge in [0.1, 0.15) is 5.54 Å². The smallest absolute Gasteiger partial charge is 0.325 e. The van der Waals surface area contributed by atoms with Crippen LogP contribution in [-0.2, 0) is 14.4 Å². The Morgan fingerprint density at radius 3 is 2.44 bits per heavy atom. The number of aliphatic carboxylic acids is 1. The summed E-state index contributed by atoms with van der Waals surface area (Å²) < 4.78 is 0. The number of carboxylic acids is 1. The number of carbonyl (C=O) groups is 3. The molecule has 6 heteroatoms.